The van der Waals surface area contributed by atoms with E-state index in [2.05, 4.69) is 26.7 Å². The van der Waals surface area contributed by atoms with Crippen LogP contribution in [0.5, 0.6) is 0 Å². The summed E-state index contributed by atoms with van der Waals surface area (Å²) in [5, 5.41) is 0. The Labute approximate surface area is 178 Å². The third kappa shape index (κ3) is 11.7. The molecule has 0 unspecified atom stereocenters. The first-order valence-electron chi connectivity index (χ1n) is 11.2. The van der Waals surface area contributed by atoms with Gasteiger partial charge in [-0.25, -0.2) is 0 Å². The smallest absolute Gasteiger partial charge is 0.160 e. The zero-order chi connectivity index (χ0) is 21.2. The number of rotatable bonds is 19. The van der Waals surface area contributed by atoms with Gasteiger partial charge < -0.3 is 23.7 Å². The van der Waals surface area contributed by atoms with Gasteiger partial charge in [-0.15, -0.1) is 19.7 Å². The van der Waals surface area contributed by atoms with E-state index >= 15 is 0 Å². The molecule has 0 aliphatic carbocycles. The average molecular weight is 411 g/mol. The van der Waals surface area contributed by atoms with Gasteiger partial charge in [-0.1, -0.05) is 63.7 Å². The molecule has 5 nitrogen and oxygen atoms in total. The maximum atomic E-state index is 6.17. The molecule has 1 aliphatic heterocycles. The van der Waals surface area contributed by atoms with Crippen LogP contribution in [0, 0.1) is 0 Å². The minimum absolute atomic E-state index is 0.141. The zero-order valence-corrected chi connectivity index (χ0v) is 18.4. The van der Waals surface area contributed by atoms with Crippen molar-refractivity contribution in [3.05, 3.63) is 38.0 Å². The molecule has 168 valence electrons. The highest BCUT2D eigenvalue weighted by Gasteiger charge is 2.40. The third-order valence-electron chi connectivity index (χ3n) is 4.89. The van der Waals surface area contributed by atoms with Crippen LogP contribution >= 0.6 is 0 Å². The van der Waals surface area contributed by atoms with E-state index in [0.717, 1.165) is 6.42 Å². The molecule has 0 aromatic carbocycles. The van der Waals surface area contributed by atoms with Crippen molar-refractivity contribution in [3.8, 4) is 0 Å². The van der Waals surface area contributed by atoms with Crippen LogP contribution in [-0.4, -0.2) is 57.6 Å². The third-order valence-corrected chi connectivity index (χ3v) is 4.89. The maximum absolute atomic E-state index is 6.17. The largest absolute Gasteiger partial charge is 0.375 e. The van der Waals surface area contributed by atoms with Crippen LogP contribution in [0.2, 0.25) is 0 Å². The number of hydrogen-bond acceptors (Lipinski definition) is 5. The Kier molecular flexibility index (Phi) is 16.0. The minimum Gasteiger partial charge on any atom is -0.375 e. The summed E-state index contributed by atoms with van der Waals surface area (Å²) in [4.78, 5) is 0. The molecule has 1 saturated heterocycles. The lowest BCUT2D eigenvalue weighted by Crippen LogP contribution is -2.53. The van der Waals surface area contributed by atoms with Crippen molar-refractivity contribution in [2.24, 2.45) is 0 Å². The highest BCUT2D eigenvalue weighted by atomic mass is 16.7. The van der Waals surface area contributed by atoms with E-state index in [1.54, 1.807) is 18.2 Å². The van der Waals surface area contributed by atoms with Gasteiger partial charge in [-0.3, -0.25) is 0 Å². The topological polar surface area (TPSA) is 46.2 Å². The maximum Gasteiger partial charge on any atom is 0.160 e. The van der Waals surface area contributed by atoms with Gasteiger partial charge in [0.2, 0.25) is 0 Å². The van der Waals surface area contributed by atoms with E-state index in [-0.39, 0.29) is 24.6 Å². The fourth-order valence-electron chi connectivity index (χ4n) is 3.42. The Bertz CT molecular complexity index is 425. The van der Waals surface area contributed by atoms with Gasteiger partial charge in [-0.05, 0) is 6.42 Å². The lowest BCUT2D eigenvalue weighted by molar-refractivity contribution is -0.271. The van der Waals surface area contributed by atoms with E-state index in [0.29, 0.717) is 39.5 Å². The van der Waals surface area contributed by atoms with Crippen LogP contribution in [-0.2, 0) is 23.7 Å². The van der Waals surface area contributed by atoms with Crippen LogP contribution in [0.4, 0.5) is 0 Å². The van der Waals surface area contributed by atoms with Crippen molar-refractivity contribution in [1.29, 1.82) is 0 Å². The fourth-order valence-corrected chi connectivity index (χ4v) is 3.42. The van der Waals surface area contributed by atoms with Gasteiger partial charge in [0.05, 0.1) is 32.5 Å². The minimum atomic E-state index is -0.314. The second kappa shape index (κ2) is 17.8. The second-order valence-electron chi connectivity index (χ2n) is 7.41. The Morgan fingerprint density at radius 2 is 1.48 bits per heavy atom. The highest BCUT2D eigenvalue weighted by Crippen LogP contribution is 2.27. The fraction of sp³-hybridized carbons (Fsp3) is 0.750. The SMILES string of the molecule is C=CCOC[C@H]1O[C@@H](OCCCCCCCCC)C[C@@H](OCC=C)[C@@H]1OCC=C. The van der Waals surface area contributed by atoms with Crippen molar-refractivity contribution in [2.75, 3.05) is 33.0 Å². The van der Waals surface area contributed by atoms with Crippen molar-refractivity contribution in [1.82, 2.24) is 0 Å². The van der Waals surface area contributed by atoms with E-state index in [1.807, 2.05) is 0 Å². The van der Waals surface area contributed by atoms with Crippen molar-refractivity contribution >= 4 is 0 Å². The van der Waals surface area contributed by atoms with Gasteiger partial charge in [0.25, 0.3) is 0 Å². The number of hydrogen-bond donors (Lipinski definition) is 0. The summed E-state index contributed by atoms with van der Waals surface area (Å²) in [7, 11) is 0. The molecule has 1 aliphatic rings. The summed E-state index contributed by atoms with van der Waals surface area (Å²) in [6.07, 6.45) is 13.7. The summed E-state index contributed by atoms with van der Waals surface area (Å²) in [6, 6.07) is 0. The summed E-state index contributed by atoms with van der Waals surface area (Å²) in [5.41, 5.74) is 0. The molecule has 0 saturated carbocycles. The molecule has 0 N–H and O–H groups in total. The molecule has 5 heteroatoms. The average Bonchev–Trinajstić information content (AvgIpc) is 2.73. The van der Waals surface area contributed by atoms with E-state index in [9.17, 15) is 0 Å². The van der Waals surface area contributed by atoms with Crippen molar-refractivity contribution < 1.29 is 23.7 Å². The van der Waals surface area contributed by atoms with Gasteiger partial charge in [-0.2, -0.15) is 0 Å². The molecule has 0 aromatic heterocycles. The lowest BCUT2D eigenvalue weighted by atomic mass is 10.0. The lowest BCUT2D eigenvalue weighted by Gasteiger charge is -2.41. The molecule has 1 rings (SSSR count). The van der Waals surface area contributed by atoms with Crippen LogP contribution in [0.25, 0.3) is 0 Å². The van der Waals surface area contributed by atoms with Crippen LogP contribution in [0.3, 0.4) is 0 Å². The molecule has 0 spiro atoms. The van der Waals surface area contributed by atoms with Gasteiger partial charge in [0.1, 0.15) is 12.2 Å². The second-order valence-corrected chi connectivity index (χ2v) is 7.41. The monoisotopic (exact) mass is 410 g/mol. The van der Waals surface area contributed by atoms with E-state index in [4.69, 9.17) is 23.7 Å². The number of ether oxygens (including phenoxy) is 5. The predicted octanol–water partition coefficient (Wildman–Crippen LogP) is 5.21. The van der Waals surface area contributed by atoms with Gasteiger partial charge >= 0.3 is 0 Å². The van der Waals surface area contributed by atoms with Crippen molar-refractivity contribution in [3.63, 3.8) is 0 Å². The molecule has 4 atom stereocenters. The first kappa shape index (κ1) is 26.1. The molecular weight excluding hydrogens is 368 g/mol. The summed E-state index contributed by atoms with van der Waals surface area (Å²) >= 11 is 0. The normalized spacial score (nSPS) is 24.3. The van der Waals surface area contributed by atoms with Gasteiger partial charge in [0.15, 0.2) is 6.29 Å². The first-order chi connectivity index (χ1) is 14.3. The quantitative estimate of drug-likeness (QED) is 0.216. The molecule has 0 radical (unpaired) electrons. The Hall–Kier alpha value is -0.980. The summed E-state index contributed by atoms with van der Waals surface area (Å²) < 4.78 is 29.8. The van der Waals surface area contributed by atoms with E-state index < -0.39 is 0 Å². The molecule has 0 amide bonds. The molecule has 29 heavy (non-hydrogen) atoms. The Morgan fingerprint density at radius 1 is 0.828 bits per heavy atom. The summed E-state index contributed by atoms with van der Waals surface area (Å²) in [5.74, 6) is 0. The molecule has 0 aromatic rings. The molecule has 1 heterocycles. The first-order valence-corrected chi connectivity index (χ1v) is 11.2. The zero-order valence-electron chi connectivity index (χ0n) is 18.4. The van der Waals surface area contributed by atoms with E-state index in [1.165, 1.54) is 38.5 Å². The van der Waals surface area contributed by atoms with Crippen molar-refractivity contribution in [2.45, 2.75) is 82.9 Å². The van der Waals surface area contributed by atoms with Crippen LogP contribution in [0.1, 0.15) is 58.3 Å². The highest BCUT2D eigenvalue weighted by molar-refractivity contribution is 4.88. The predicted molar refractivity (Wildman–Crippen MR) is 118 cm³/mol. The Morgan fingerprint density at radius 3 is 2.17 bits per heavy atom. The molecule has 1 fully saturated rings. The molecule has 0 bridgehead atoms. The Balaban J connectivity index is 2.51. The number of unbranched alkanes of at least 4 members (excludes halogenated alkanes) is 6. The standard InChI is InChI=1S/C24H42O5/c1-5-9-10-11-12-13-14-18-27-23-19-21(26-16-7-3)24(28-17-8-4)22(29-23)20-25-15-6-2/h6-8,21-24H,2-5,9-20H2,1H3/t21-,22-,23-,24+/m1/s1. The molecular formula is C24H42O5. The van der Waals surface area contributed by atoms with Crippen LogP contribution < -0.4 is 0 Å². The van der Waals surface area contributed by atoms with Gasteiger partial charge in [0, 0.05) is 13.0 Å². The van der Waals surface area contributed by atoms with Crippen LogP contribution in [0.15, 0.2) is 38.0 Å². The summed E-state index contributed by atoms with van der Waals surface area (Å²) in [6.45, 7) is 15.9.